The van der Waals surface area contributed by atoms with Crippen molar-refractivity contribution in [3.8, 4) is 0 Å². The molecule has 2 atom stereocenters. The lowest BCUT2D eigenvalue weighted by Crippen LogP contribution is -2.45. The maximum Gasteiger partial charge on any atom is 0.325 e. The highest BCUT2D eigenvalue weighted by molar-refractivity contribution is 6.08. The summed E-state index contributed by atoms with van der Waals surface area (Å²) in [4.78, 5) is 38.3. The van der Waals surface area contributed by atoms with Gasteiger partial charge in [-0.1, -0.05) is 6.92 Å². The van der Waals surface area contributed by atoms with Crippen LogP contribution in [0.15, 0.2) is 0 Å². The summed E-state index contributed by atoms with van der Waals surface area (Å²) in [5, 5.41) is 12.0. The molecule has 1 unspecified atom stereocenters. The summed E-state index contributed by atoms with van der Waals surface area (Å²) >= 11 is 0. The van der Waals surface area contributed by atoms with Crippen molar-refractivity contribution >= 4 is 17.8 Å². The maximum atomic E-state index is 12.1. The molecule has 2 aliphatic heterocycles. The first kappa shape index (κ1) is 13.8. The van der Waals surface area contributed by atoms with Crippen LogP contribution in [0.4, 0.5) is 4.79 Å². The minimum Gasteiger partial charge on any atom is -0.391 e. The van der Waals surface area contributed by atoms with Gasteiger partial charge in [-0.25, -0.2) is 4.79 Å². The van der Waals surface area contributed by atoms with Gasteiger partial charge in [0.2, 0.25) is 5.91 Å². The molecular formula is C12H19N3O4. The summed E-state index contributed by atoms with van der Waals surface area (Å²) < 4.78 is 0. The van der Waals surface area contributed by atoms with Gasteiger partial charge < -0.3 is 15.3 Å². The van der Waals surface area contributed by atoms with E-state index in [0.717, 1.165) is 4.90 Å². The first-order valence-electron chi connectivity index (χ1n) is 6.47. The Labute approximate surface area is 111 Å². The Balaban J connectivity index is 2.01. The second-order valence-electron chi connectivity index (χ2n) is 5.29. The quantitative estimate of drug-likeness (QED) is 0.663. The lowest BCUT2D eigenvalue weighted by atomic mass is 9.99. The van der Waals surface area contributed by atoms with E-state index in [0.29, 0.717) is 19.4 Å². The molecule has 7 heteroatoms. The SMILES string of the molecule is CCC1(C)NC(=O)N(CC(=O)N2CC[C@@H](O)C2)C1=O. The normalized spacial score (nSPS) is 31.0. The van der Waals surface area contributed by atoms with Crippen LogP contribution in [-0.4, -0.2) is 64.0 Å². The van der Waals surface area contributed by atoms with Gasteiger partial charge in [-0.2, -0.15) is 0 Å². The Kier molecular flexibility index (Phi) is 3.49. The second kappa shape index (κ2) is 4.80. The van der Waals surface area contributed by atoms with Crippen molar-refractivity contribution in [3.63, 3.8) is 0 Å². The summed E-state index contributed by atoms with van der Waals surface area (Å²) in [5.41, 5.74) is -0.915. The highest BCUT2D eigenvalue weighted by Gasteiger charge is 2.47. The monoisotopic (exact) mass is 269 g/mol. The van der Waals surface area contributed by atoms with E-state index in [1.54, 1.807) is 13.8 Å². The van der Waals surface area contributed by atoms with Gasteiger partial charge in [-0.05, 0) is 19.8 Å². The van der Waals surface area contributed by atoms with Gasteiger partial charge in [0.25, 0.3) is 5.91 Å². The van der Waals surface area contributed by atoms with Crippen molar-refractivity contribution in [1.29, 1.82) is 0 Å². The first-order valence-corrected chi connectivity index (χ1v) is 6.47. The predicted molar refractivity (Wildman–Crippen MR) is 66.1 cm³/mol. The van der Waals surface area contributed by atoms with E-state index in [-0.39, 0.29) is 24.9 Å². The molecule has 2 saturated heterocycles. The number of β-amino-alcohol motifs (C(OH)–C–C–N with tert-alkyl or cyclic N) is 1. The van der Waals surface area contributed by atoms with E-state index in [1.165, 1.54) is 4.90 Å². The van der Waals surface area contributed by atoms with E-state index < -0.39 is 17.7 Å². The summed E-state index contributed by atoms with van der Waals surface area (Å²) in [6.45, 7) is 3.94. The summed E-state index contributed by atoms with van der Waals surface area (Å²) in [5.74, 6) is -0.673. The van der Waals surface area contributed by atoms with Crippen LogP contribution < -0.4 is 5.32 Å². The Morgan fingerprint density at radius 3 is 2.68 bits per heavy atom. The number of likely N-dealkylation sites (tertiary alicyclic amines) is 1. The van der Waals surface area contributed by atoms with Crippen LogP contribution in [0, 0.1) is 0 Å². The molecule has 7 nitrogen and oxygen atoms in total. The number of hydrogen-bond donors (Lipinski definition) is 2. The summed E-state index contributed by atoms with van der Waals surface area (Å²) in [7, 11) is 0. The van der Waals surface area contributed by atoms with Crippen LogP contribution in [0.2, 0.25) is 0 Å². The Morgan fingerprint density at radius 1 is 1.53 bits per heavy atom. The summed E-state index contributed by atoms with van der Waals surface area (Å²) in [6, 6.07) is -0.526. The second-order valence-corrected chi connectivity index (χ2v) is 5.29. The highest BCUT2D eigenvalue weighted by atomic mass is 16.3. The highest BCUT2D eigenvalue weighted by Crippen LogP contribution is 2.21. The number of imide groups is 1. The standard InChI is InChI=1S/C12H19N3O4/c1-3-12(2)10(18)15(11(19)13-12)7-9(17)14-5-4-8(16)6-14/h8,16H,3-7H2,1-2H3,(H,13,19)/t8-,12?/m1/s1. The van der Waals surface area contributed by atoms with Crippen molar-refractivity contribution in [2.75, 3.05) is 19.6 Å². The van der Waals surface area contributed by atoms with Gasteiger partial charge in [0, 0.05) is 13.1 Å². The molecule has 4 amide bonds. The number of urea groups is 1. The van der Waals surface area contributed by atoms with Crippen molar-refractivity contribution in [1.82, 2.24) is 15.1 Å². The molecule has 0 bridgehead atoms. The number of carbonyl (C=O) groups excluding carboxylic acids is 3. The van der Waals surface area contributed by atoms with Crippen molar-refractivity contribution in [3.05, 3.63) is 0 Å². The smallest absolute Gasteiger partial charge is 0.325 e. The van der Waals surface area contributed by atoms with Crippen LogP contribution >= 0.6 is 0 Å². The minimum absolute atomic E-state index is 0.257. The fourth-order valence-electron chi connectivity index (χ4n) is 2.33. The van der Waals surface area contributed by atoms with Crippen molar-refractivity contribution < 1.29 is 19.5 Å². The molecule has 0 radical (unpaired) electrons. The Morgan fingerprint density at radius 2 is 2.21 bits per heavy atom. The van der Waals surface area contributed by atoms with Crippen LogP contribution in [0.5, 0.6) is 0 Å². The topological polar surface area (TPSA) is 90.0 Å². The van der Waals surface area contributed by atoms with E-state index in [1.807, 2.05) is 0 Å². The number of rotatable bonds is 3. The van der Waals surface area contributed by atoms with E-state index in [9.17, 15) is 19.5 Å². The van der Waals surface area contributed by atoms with Crippen molar-refractivity contribution in [2.45, 2.75) is 38.3 Å². The number of aliphatic hydroxyl groups is 1. The predicted octanol–water partition coefficient (Wildman–Crippen LogP) is -0.700. The average Bonchev–Trinajstić information content (AvgIpc) is 2.88. The van der Waals surface area contributed by atoms with Crippen LogP contribution in [0.25, 0.3) is 0 Å². The molecule has 0 aliphatic carbocycles. The zero-order valence-corrected chi connectivity index (χ0v) is 11.2. The molecule has 0 aromatic heterocycles. The molecule has 0 spiro atoms. The van der Waals surface area contributed by atoms with Crippen LogP contribution in [0.1, 0.15) is 26.7 Å². The maximum absolute atomic E-state index is 12.1. The third kappa shape index (κ3) is 2.42. The molecule has 19 heavy (non-hydrogen) atoms. The number of aliphatic hydroxyl groups excluding tert-OH is 1. The summed E-state index contributed by atoms with van der Waals surface area (Å²) in [6.07, 6.45) is 0.511. The van der Waals surface area contributed by atoms with Gasteiger partial charge in [-0.3, -0.25) is 14.5 Å². The third-order valence-corrected chi connectivity index (χ3v) is 3.86. The molecule has 2 N–H and O–H groups in total. The average molecular weight is 269 g/mol. The minimum atomic E-state index is -0.915. The number of nitrogens with zero attached hydrogens (tertiary/aromatic N) is 2. The molecule has 106 valence electrons. The molecule has 2 rings (SSSR count). The zero-order valence-electron chi connectivity index (χ0n) is 11.2. The first-order chi connectivity index (χ1) is 8.87. The molecular weight excluding hydrogens is 250 g/mol. The van der Waals surface area contributed by atoms with Crippen molar-refractivity contribution in [2.24, 2.45) is 0 Å². The number of nitrogens with one attached hydrogen (secondary N) is 1. The van der Waals surface area contributed by atoms with Gasteiger partial charge in [-0.15, -0.1) is 0 Å². The van der Waals surface area contributed by atoms with Gasteiger partial charge >= 0.3 is 6.03 Å². The van der Waals surface area contributed by atoms with E-state index in [2.05, 4.69) is 5.32 Å². The lowest BCUT2D eigenvalue weighted by molar-refractivity contribution is -0.138. The number of carbonyl (C=O) groups is 3. The van der Waals surface area contributed by atoms with Crippen LogP contribution in [-0.2, 0) is 9.59 Å². The Bertz CT molecular complexity index is 425. The van der Waals surface area contributed by atoms with Gasteiger partial charge in [0.05, 0.1) is 6.10 Å². The third-order valence-electron chi connectivity index (χ3n) is 3.86. The van der Waals surface area contributed by atoms with E-state index in [4.69, 9.17) is 0 Å². The fraction of sp³-hybridized carbons (Fsp3) is 0.750. The molecule has 2 aliphatic rings. The Hall–Kier alpha value is -1.63. The molecule has 2 heterocycles. The molecule has 2 fully saturated rings. The molecule has 0 aromatic carbocycles. The fourth-order valence-corrected chi connectivity index (χ4v) is 2.33. The largest absolute Gasteiger partial charge is 0.391 e. The molecule has 0 aromatic rings. The molecule has 0 saturated carbocycles. The number of hydrogen-bond acceptors (Lipinski definition) is 4. The van der Waals surface area contributed by atoms with Crippen LogP contribution in [0.3, 0.4) is 0 Å². The number of amides is 4. The van der Waals surface area contributed by atoms with Gasteiger partial charge in [0.15, 0.2) is 0 Å². The zero-order chi connectivity index (χ0) is 14.2. The van der Waals surface area contributed by atoms with Gasteiger partial charge in [0.1, 0.15) is 12.1 Å². The van der Waals surface area contributed by atoms with E-state index >= 15 is 0 Å². The lowest BCUT2D eigenvalue weighted by Gasteiger charge is -2.21.